The number of hydrogen-bond donors (Lipinski definition) is 1. The second-order valence-electron chi connectivity index (χ2n) is 5.00. The molecule has 0 aromatic carbocycles. The van der Waals surface area contributed by atoms with Crippen LogP contribution in [-0.4, -0.2) is 36.7 Å². The van der Waals surface area contributed by atoms with Crippen LogP contribution in [0.3, 0.4) is 0 Å². The third-order valence-electron chi connectivity index (χ3n) is 3.30. The van der Waals surface area contributed by atoms with Crippen molar-refractivity contribution in [1.82, 2.24) is 9.97 Å². The zero-order valence-corrected chi connectivity index (χ0v) is 12.1. The molecule has 19 heavy (non-hydrogen) atoms. The summed E-state index contributed by atoms with van der Waals surface area (Å²) in [5.74, 6) is 3.29. The van der Waals surface area contributed by atoms with Gasteiger partial charge >= 0.3 is 0 Å². The van der Waals surface area contributed by atoms with Gasteiger partial charge in [-0.05, 0) is 32.1 Å². The lowest BCUT2D eigenvalue weighted by molar-refractivity contribution is 0.411. The summed E-state index contributed by atoms with van der Waals surface area (Å²) < 4.78 is 5.53. The first-order chi connectivity index (χ1) is 9.30. The summed E-state index contributed by atoms with van der Waals surface area (Å²) in [6.45, 7) is 7.15. The molecule has 1 N–H and O–H groups in total. The fraction of sp³-hybridized carbons (Fsp3) is 0.714. The van der Waals surface area contributed by atoms with Crippen LogP contribution in [0.2, 0.25) is 0 Å². The molecule has 0 aliphatic heterocycles. The Kier molecular flexibility index (Phi) is 4.82. The van der Waals surface area contributed by atoms with E-state index in [1.54, 1.807) is 13.4 Å². The fourth-order valence-electron chi connectivity index (χ4n) is 2.24. The Balaban J connectivity index is 2.25. The molecule has 5 heteroatoms. The summed E-state index contributed by atoms with van der Waals surface area (Å²) >= 11 is 0. The van der Waals surface area contributed by atoms with Gasteiger partial charge in [0.15, 0.2) is 11.6 Å². The van der Waals surface area contributed by atoms with Gasteiger partial charge in [-0.15, -0.1) is 0 Å². The zero-order valence-electron chi connectivity index (χ0n) is 12.1. The molecule has 1 aliphatic carbocycles. The molecule has 0 spiro atoms. The van der Waals surface area contributed by atoms with Crippen LogP contribution in [0.1, 0.15) is 33.1 Å². The van der Waals surface area contributed by atoms with E-state index in [9.17, 15) is 0 Å². The highest BCUT2D eigenvalue weighted by Crippen LogP contribution is 2.36. The molecular weight excluding hydrogens is 240 g/mol. The Morgan fingerprint density at radius 1 is 1.37 bits per heavy atom. The molecule has 1 aliphatic rings. The smallest absolute Gasteiger partial charge is 0.204 e. The van der Waals surface area contributed by atoms with E-state index in [0.29, 0.717) is 0 Å². The number of anilines is 2. The van der Waals surface area contributed by atoms with Gasteiger partial charge in [-0.3, -0.25) is 0 Å². The highest BCUT2D eigenvalue weighted by Gasteiger charge is 2.26. The van der Waals surface area contributed by atoms with Gasteiger partial charge in [0.2, 0.25) is 5.75 Å². The highest BCUT2D eigenvalue weighted by atomic mass is 16.5. The molecule has 1 aromatic heterocycles. The first-order valence-electron chi connectivity index (χ1n) is 7.17. The van der Waals surface area contributed by atoms with Crippen LogP contribution in [0.4, 0.5) is 11.6 Å². The number of ether oxygens (including phenoxy) is 1. The van der Waals surface area contributed by atoms with E-state index in [1.807, 2.05) is 0 Å². The highest BCUT2D eigenvalue weighted by molar-refractivity contribution is 5.64. The molecule has 1 fully saturated rings. The van der Waals surface area contributed by atoms with Gasteiger partial charge in [-0.1, -0.05) is 6.92 Å². The van der Waals surface area contributed by atoms with Crippen molar-refractivity contribution < 1.29 is 4.74 Å². The molecule has 0 bridgehead atoms. The van der Waals surface area contributed by atoms with Crippen molar-refractivity contribution in [3.05, 3.63) is 6.33 Å². The van der Waals surface area contributed by atoms with Gasteiger partial charge in [-0.25, -0.2) is 9.97 Å². The van der Waals surface area contributed by atoms with Gasteiger partial charge in [-0.2, -0.15) is 0 Å². The molecule has 1 aromatic rings. The van der Waals surface area contributed by atoms with Gasteiger partial charge in [0, 0.05) is 19.6 Å². The first kappa shape index (κ1) is 13.9. The molecule has 0 radical (unpaired) electrons. The van der Waals surface area contributed by atoms with Gasteiger partial charge in [0.25, 0.3) is 0 Å². The number of nitrogens with zero attached hydrogens (tertiary/aromatic N) is 3. The molecule has 0 saturated heterocycles. The van der Waals surface area contributed by atoms with Crippen LogP contribution >= 0.6 is 0 Å². The SMILES string of the molecule is CCCN(CC1CC1)c1ncnc(NCC)c1OC. The minimum absolute atomic E-state index is 0.762. The third-order valence-corrected chi connectivity index (χ3v) is 3.30. The monoisotopic (exact) mass is 264 g/mol. The maximum absolute atomic E-state index is 5.53. The molecule has 1 saturated carbocycles. The van der Waals surface area contributed by atoms with Crippen LogP contribution in [-0.2, 0) is 0 Å². The molecule has 106 valence electrons. The Labute approximate surface area is 115 Å². The average Bonchev–Trinajstić information content (AvgIpc) is 3.22. The van der Waals surface area contributed by atoms with Crippen LogP contribution in [0.5, 0.6) is 5.75 Å². The van der Waals surface area contributed by atoms with Crippen molar-refractivity contribution in [3.63, 3.8) is 0 Å². The molecule has 0 amide bonds. The van der Waals surface area contributed by atoms with E-state index >= 15 is 0 Å². The lowest BCUT2D eigenvalue weighted by Gasteiger charge is -2.25. The Hall–Kier alpha value is -1.52. The van der Waals surface area contributed by atoms with Crippen LogP contribution in [0.25, 0.3) is 0 Å². The Morgan fingerprint density at radius 3 is 2.74 bits per heavy atom. The van der Waals surface area contributed by atoms with Gasteiger partial charge in [0.05, 0.1) is 7.11 Å². The van der Waals surface area contributed by atoms with Crippen molar-refractivity contribution in [2.75, 3.05) is 37.0 Å². The van der Waals surface area contributed by atoms with Crippen LogP contribution in [0, 0.1) is 5.92 Å². The molecular formula is C14H24N4O. The van der Waals surface area contributed by atoms with Crippen molar-refractivity contribution >= 4 is 11.6 Å². The van der Waals surface area contributed by atoms with Gasteiger partial charge in [0.1, 0.15) is 6.33 Å². The third kappa shape index (κ3) is 3.49. The fourth-order valence-corrected chi connectivity index (χ4v) is 2.24. The molecule has 1 heterocycles. The molecule has 2 rings (SSSR count). The summed E-state index contributed by atoms with van der Waals surface area (Å²) in [6.07, 6.45) is 5.41. The number of aromatic nitrogens is 2. The van der Waals surface area contributed by atoms with Crippen molar-refractivity contribution in [3.8, 4) is 5.75 Å². The maximum atomic E-state index is 5.53. The minimum Gasteiger partial charge on any atom is -0.490 e. The van der Waals surface area contributed by atoms with E-state index in [-0.39, 0.29) is 0 Å². The van der Waals surface area contributed by atoms with E-state index in [0.717, 1.165) is 49.4 Å². The summed E-state index contributed by atoms with van der Waals surface area (Å²) in [4.78, 5) is 11.0. The van der Waals surface area contributed by atoms with E-state index in [1.165, 1.54) is 12.8 Å². The van der Waals surface area contributed by atoms with E-state index in [4.69, 9.17) is 4.74 Å². The van der Waals surface area contributed by atoms with Crippen molar-refractivity contribution in [2.45, 2.75) is 33.1 Å². The van der Waals surface area contributed by atoms with Crippen LogP contribution < -0.4 is 15.0 Å². The molecule has 0 atom stereocenters. The quantitative estimate of drug-likeness (QED) is 0.782. The van der Waals surface area contributed by atoms with Crippen molar-refractivity contribution in [1.29, 1.82) is 0 Å². The predicted octanol–water partition coefficient (Wildman–Crippen LogP) is 2.54. The second kappa shape index (κ2) is 6.59. The number of rotatable bonds is 8. The lowest BCUT2D eigenvalue weighted by Crippen LogP contribution is -2.28. The summed E-state index contributed by atoms with van der Waals surface area (Å²) in [6, 6.07) is 0. The number of nitrogens with one attached hydrogen (secondary N) is 1. The number of methoxy groups -OCH3 is 1. The zero-order chi connectivity index (χ0) is 13.7. The normalized spacial score (nSPS) is 14.3. The maximum Gasteiger partial charge on any atom is 0.204 e. The van der Waals surface area contributed by atoms with E-state index < -0.39 is 0 Å². The topological polar surface area (TPSA) is 50.3 Å². The van der Waals surface area contributed by atoms with Crippen molar-refractivity contribution in [2.24, 2.45) is 5.92 Å². The summed E-state index contributed by atoms with van der Waals surface area (Å²) in [5.41, 5.74) is 0. The van der Waals surface area contributed by atoms with Gasteiger partial charge < -0.3 is 15.0 Å². The molecule has 0 unspecified atom stereocenters. The molecule has 5 nitrogen and oxygen atoms in total. The Bertz CT molecular complexity index is 406. The minimum atomic E-state index is 0.762. The van der Waals surface area contributed by atoms with Crippen LogP contribution in [0.15, 0.2) is 6.33 Å². The average molecular weight is 264 g/mol. The van der Waals surface area contributed by atoms with E-state index in [2.05, 4.69) is 34.0 Å². The summed E-state index contributed by atoms with van der Waals surface area (Å²) in [5, 5.41) is 3.23. The predicted molar refractivity (Wildman–Crippen MR) is 78.0 cm³/mol. The summed E-state index contributed by atoms with van der Waals surface area (Å²) in [7, 11) is 1.68. The Morgan fingerprint density at radius 2 is 2.16 bits per heavy atom. The first-order valence-corrected chi connectivity index (χ1v) is 7.17. The number of hydrogen-bond acceptors (Lipinski definition) is 5. The second-order valence-corrected chi connectivity index (χ2v) is 5.00. The lowest BCUT2D eigenvalue weighted by atomic mass is 10.3. The standard InChI is InChI=1S/C14H24N4O/c1-4-8-18(9-11-6-7-11)14-12(19-3)13(15-5-2)16-10-17-14/h10-11H,4-9H2,1-3H3,(H,15,16,17). The largest absolute Gasteiger partial charge is 0.490 e.